The van der Waals surface area contributed by atoms with E-state index in [1.165, 1.54) is 0 Å². The Hall–Kier alpha value is -0.130. The summed E-state index contributed by atoms with van der Waals surface area (Å²) in [6.07, 6.45) is 2.26. The van der Waals surface area contributed by atoms with E-state index in [1.807, 2.05) is 0 Å². The number of rotatable bonds is 5. The molecule has 22 heavy (non-hydrogen) atoms. The molecule has 0 aromatic rings. The highest BCUT2D eigenvalue weighted by Gasteiger charge is 2.42. The molecule has 0 saturated carbocycles. The lowest BCUT2D eigenvalue weighted by Crippen LogP contribution is -2.44. The molecule has 0 aromatic heterocycles. The second-order valence-electron chi connectivity index (χ2n) is 5.75. The third-order valence-electron chi connectivity index (χ3n) is 4.24. The summed E-state index contributed by atoms with van der Waals surface area (Å²) in [7, 11) is -1.36. The van der Waals surface area contributed by atoms with Crippen LogP contribution in [0.4, 0.5) is 0 Å². The Morgan fingerprint density at radius 1 is 1.36 bits per heavy atom. The average molecular weight is 446 g/mol. The molecule has 2 aliphatic rings. The normalized spacial score (nSPS) is 25.5. The van der Waals surface area contributed by atoms with Crippen LogP contribution in [0.15, 0.2) is 4.99 Å². The summed E-state index contributed by atoms with van der Waals surface area (Å²) in [4.78, 5) is 6.53. The minimum atomic E-state index is -3.12. The maximum Gasteiger partial charge on any atom is 0.211 e. The number of ether oxygens (including phenoxy) is 1. The Bertz CT molecular complexity index is 478. The van der Waals surface area contributed by atoms with Crippen LogP contribution in [-0.4, -0.2) is 71.5 Å². The van der Waals surface area contributed by atoms with Crippen molar-refractivity contribution in [1.29, 1.82) is 0 Å². The molecule has 2 fully saturated rings. The Kier molecular flexibility index (Phi) is 7.83. The highest BCUT2D eigenvalue weighted by atomic mass is 127. The molecule has 2 N–H and O–H groups in total. The van der Waals surface area contributed by atoms with Gasteiger partial charge in [-0.25, -0.2) is 13.1 Å². The van der Waals surface area contributed by atoms with Gasteiger partial charge >= 0.3 is 0 Å². The SMILES string of the molecule is CCS(=O)(=O)NCCNC(=NC)N1CCC2(CCOC2)C1.I. The van der Waals surface area contributed by atoms with Crippen LogP contribution in [0.25, 0.3) is 0 Å². The number of aliphatic imine (C=N–C) groups is 1. The zero-order valence-electron chi connectivity index (χ0n) is 13.3. The highest BCUT2D eigenvalue weighted by molar-refractivity contribution is 14.0. The first-order valence-corrected chi connectivity index (χ1v) is 9.16. The monoisotopic (exact) mass is 446 g/mol. The summed E-state index contributed by atoms with van der Waals surface area (Å²) in [5.74, 6) is 0.950. The van der Waals surface area contributed by atoms with Gasteiger partial charge in [0.2, 0.25) is 10.0 Å². The van der Waals surface area contributed by atoms with E-state index in [9.17, 15) is 8.42 Å². The predicted molar refractivity (Wildman–Crippen MR) is 98.3 cm³/mol. The van der Waals surface area contributed by atoms with Crippen LogP contribution in [-0.2, 0) is 14.8 Å². The van der Waals surface area contributed by atoms with E-state index in [0.717, 1.165) is 45.1 Å². The van der Waals surface area contributed by atoms with Gasteiger partial charge in [-0.05, 0) is 19.8 Å². The molecule has 9 heteroatoms. The van der Waals surface area contributed by atoms with Crippen LogP contribution in [0.5, 0.6) is 0 Å². The summed E-state index contributed by atoms with van der Waals surface area (Å²) in [6, 6.07) is 0. The van der Waals surface area contributed by atoms with Gasteiger partial charge in [-0.3, -0.25) is 4.99 Å². The summed E-state index contributed by atoms with van der Waals surface area (Å²) < 4.78 is 30.8. The van der Waals surface area contributed by atoms with Crippen molar-refractivity contribution in [2.24, 2.45) is 10.4 Å². The molecule has 0 bridgehead atoms. The summed E-state index contributed by atoms with van der Waals surface area (Å²) in [5, 5.41) is 3.22. The fraction of sp³-hybridized carbons (Fsp3) is 0.923. The van der Waals surface area contributed by atoms with E-state index < -0.39 is 10.0 Å². The molecule has 2 heterocycles. The Morgan fingerprint density at radius 3 is 2.73 bits per heavy atom. The molecule has 130 valence electrons. The van der Waals surface area contributed by atoms with Gasteiger partial charge in [0.25, 0.3) is 0 Å². The van der Waals surface area contributed by atoms with Gasteiger partial charge in [-0.15, -0.1) is 24.0 Å². The molecule has 1 atom stereocenters. The van der Waals surface area contributed by atoms with E-state index in [0.29, 0.717) is 18.5 Å². The molecule has 1 spiro atoms. The second kappa shape index (κ2) is 8.65. The Morgan fingerprint density at radius 2 is 2.14 bits per heavy atom. The number of likely N-dealkylation sites (tertiary alicyclic amines) is 1. The van der Waals surface area contributed by atoms with Crippen LogP contribution < -0.4 is 10.0 Å². The zero-order valence-corrected chi connectivity index (χ0v) is 16.4. The molecule has 2 rings (SSSR count). The Labute approximate surface area is 150 Å². The second-order valence-corrected chi connectivity index (χ2v) is 7.84. The molecule has 7 nitrogen and oxygen atoms in total. The van der Waals surface area contributed by atoms with Gasteiger partial charge in [0.05, 0.1) is 12.4 Å². The third-order valence-corrected chi connectivity index (χ3v) is 5.65. The number of halogens is 1. The molecule has 0 aliphatic carbocycles. The standard InChI is InChI=1S/C13H26N4O3S.HI/c1-3-21(18,19)16-7-6-15-12(14-2)17-8-4-13(10-17)5-9-20-11-13;/h16H,3-11H2,1-2H3,(H,14,15);1H. The summed E-state index contributed by atoms with van der Waals surface area (Å²) in [5.41, 5.74) is 0.293. The smallest absolute Gasteiger partial charge is 0.211 e. The number of guanidine groups is 1. The summed E-state index contributed by atoms with van der Waals surface area (Å²) >= 11 is 0. The van der Waals surface area contributed by atoms with Crippen LogP contribution in [0.2, 0.25) is 0 Å². The highest BCUT2D eigenvalue weighted by Crippen LogP contribution is 2.37. The van der Waals surface area contributed by atoms with Gasteiger partial charge in [0.1, 0.15) is 0 Å². The van der Waals surface area contributed by atoms with Crippen LogP contribution in [0.3, 0.4) is 0 Å². The molecule has 2 aliphatic heterocycles. The van der Waals surface area contributed by atoms with E-state index in [-0.39, 0.29) is 29.7 Å². The van der Waals surface area contributed by atoms with Crippen LogP contribution in [0.1, 0.15) is 19.8 Å². The van der Waals surface area contributed by atoms with E-state index >= 15 is 0 Å². The van der Waals surface area contributed by atoms with Crippen molar-refractivity contribution < 1.29 is 13.2 Å². The predicted octanol–water partition coefficient (Wildman–Crippen LogP) is 0.232. The van der Waals surface area contributed by atoms with Gasteiger partial charge in [0, 0.05) is 45.2 Å². The van der Waals surface area contributed by atoms with Gasteiger partial charge < -0.3 is 15.0 Å². The summed E-state index contributed by atoms with van der Waals surface area (Å²) in [6.45, 7) is 6.18. The quantitative estimate of drug-likeness (QED) is 0.274. The van der Waals surface area contributed by atoms with Crippen molar-refractivity contribution in [3.05, 3.63) is 0 Å². The molecule has 0 aromatic carbocycles. The van der Waals surface area contributed by atoms with Crippen molar-refractivity contribution in [3.8, 4) is 0 Å². The molecule has 0 amide bonds. The van der Waals surface area contributed by atoms with Crippen molar-refractivity contribution in [2.45, 2.75) is 19.8 Å². The fourth-order valence-electron chi connectivity index (χ4n) is 2.90. The lowest BCUT2D eigenvalue weighted by molar-refractivity contribution is 0.156. The van der Waals surface area contributed by atoms with Crippen LogP contribution >= 0.6 is 24.0 Å². The van der Waals surface area contributed by atoms with Crippen molar-refractivity contribution in [1.82, 2.24) is 14.9 Å². The minimum Gasteiger partial charge on any atom is -0.381 e. The molecular formula is C13H27IN4O3S. The van der Waals surface area contributed by atoms with Gasteiger partial charge in [0.15, 0.2) is 5.96 Å². The molecule has 1 unspecified atom stereocenters. The first kappa shape index (κ1) is 19.9. The zero-order chi connectivity index (χ0) is 15.3. The first-order chi connectivity index (χ1) is 10.0. The van der Waals surface area contributed by atoms with Crippen molar-refractivity contribution >= 4 is 40.0 Å². The largest absolute Gasteiger partial charge is 0.381 e. The van der Waals surface area contributed by atoms with Crippen molar-refractivity contribution in [2.75, 3.05) is 52.2 Å². The third kappa shape index (κ3) is 5.20. The number of nitrogens with one attached hydrogen (secondary N) is 2. The fourth-order valence-corrected chi connectivity index (χ4v) is 3.52. The van der Waals surface area contributed by atoms with Crippen molar-refractivity contribution in [3.63, 3.8) is 0 Å². The number of hydrogen-bond acceptors (Lipinski definition) is 4. The molecule has 2 saturated heterocycles. The number of nitrogens with zero attached hydrogens (tertiary/aromatic N) is 2. The number of hydrogen-bond donors (Lipinski definition) is 2. The van der Waals surface area contributed by atoms with E-state index in [1.54, 1.807) is 14.0 Å². The van der Waals surface area contributed by atoms with E-state index in [2.05, 4.69) is 19.9 Å². The van der Waals surface area contributed by atoms with Gasteiger partial charge in [-0.1, -0.05) is 0 Å². The molecular weight excluding hydrogens is 419 g/mol. The molecule has 0 radical (unpaired) electrons. The van der Waals surface area contributed by atoms with Gasteiger partial charge in [-0.2, -0.15) is 0 Å². The maximum atomic E-state index is 11.3. The average Bonchev–Trinajstić information content (AvgIpc) is 3.10. The van der Waals surface area contributed by atoms with E-state index in [4.69, 9.17) is 4.74 Å². The lowest BCUT2D eigenvalue weighted by Gasteiger charge is -2.24. The van der Waals surface area contributed by atoms with Crippen LogP contribution in [0, 0.1) is 5.41 Å². The first-order valence-electron chi connectivity index (χ1n) is 7.51. The topological polar surface area (TPSA) is 83.0 Å². The minimum absolute atomic E-state index is 0. The lowest BCUT2D eigenvalue weighted by atomic mass is 9.87. The Balaban J connectivity index is 0.00000242. The maximum absolute atomic E-state index is 11.3. The number of sulfonamides is 1.